The molecule has 37 heavy (non-hydrogen) atoms. The summed E-state index contributed by atoms with van der Waals surface area (Å²) in [6.45, 7) is 14.2. The van der Waals surface area contributed by atoms with Crippen LogP contribution in [0.1, 0.15) is 102 Å². The second kappa shape index (κ2) is 11.3. The number of ketones is 1. The molecule has 1 amide bonds. The lowest BCUT2D eigenvalue weighted by Gasteiger charge is -2.52. The number of aliphatic hydroxyl groups excluding tert-OH is 1. The van der Waals surface area contributed by atoms with E-state index in [2.05, 4.69) is 4.90 Å². The lowest BCUT2D eigenvalue weighted by Crippen LogP contribution is -2.52. The van der Waals surface area contributed by atoms with Gasteiger partial charge in [-0.3, -0.25) is 4.79 Å². The van der Waals surface area contributed by atoms with Crippen molar-refractivity contribution in [2.45, 2.75) is 97.4 Å². The zero-order chi connectivity index (χ0) is 26.8. The quantitative estimate of drug-likeness (QED) is 0.477. The molecule has 1 aromatic rings. The normalized spacial score (nSPS) is 21.9. The molecule has 1 spiro atoms. The van der Waals surface area contributed by atoms with Gasteiger partial charge < -0.3 is 24.4 Å². The highest BCUT2D eigenvalue weighted by atomic mass is 16.6. The molecule has 1 aliphatic carbocycles. The Hall–Kier alpha value is -2.12. The first-order chi connectivity index (χ1) is 17.5. The Labute approximate surface area is 222 Å². The SMILES string of the molecule is CCC(O)c1cc(OC2CC3(CCN(CC4CCN(C(=O)OC(C)(C)C)CC4)CC3)C2)ccc1C(C)=O. The molecule has 1 N–H and O–H groups in total. The van der Waals surface area contributed by atoms with Gasteiger partial charge >= 0.3 is 6.09 Å². The monoisotopic (exact) mass is 514 g/mol. The Morgan fingerprint density at radius 1 is 1.11 bits per heavy atom. The fourth-order valence-corrected chi connectivity index (χ4v) is 6.22. The van der Waals surface area contributed by atoms with E-state index in [1.54, 1.807) is 6.07 Å². The fourth-order valence-electron chi connectivity index (χ4n) is 6.22. The molecule has 2 saturated heterocycles. The summed E-state index contributed by atoms with van der Waals surface area (Å²) in [6, 6.07) is 5.51. The number of carbonyl (C=O) groups excluding carboxylic acids is 2. The van der Waals surface area contributed by atoms with Crippen molar-refractivity contribution in [2.24, 2.45) is 11.3 Å². The third-order valence-corrected chi connectivity index (χ3v) is 8.47. The van der Waals surface area contributed by atoms with Crippen molar-refractivity contribution >= 4 is 11.9 Å². The highest BCUT2D eigenvalue weighted by molar-refractivity contribution is 5.95. The van der Waals surface area contributed by atoms with Gasteiger partial charge in [0.25, 0.3) is 0 Å². The van der Waals surface area contributed by atoms with Crippen molar-refractivity contribution in [2.75, 3.05) is 32.7 Å². The number of benzene rings is 1. The number of rotatable bonds is 7. The highest BCUT2D eigenvalue weighted by Gasteiger charge is 2.47. The maximum atomic E-state index is 12.3. The number of hydrogen-bond acceptors (Lipinski definition) is 6. The first-order valence-electron chi connectivity index (χ1n) is 14.2. The molecule has 2 heterocycles. The predicted octanol–water partition coefficient (Wildman–Crippen LogP) is 5.60. The van der Waals surface area contributed by atoms with Crippen molar-refractivity contribution in [3.05, 3.63) is 29.3 Å². The summed E-state index contributed by atoms with van der Waals surface area (Å²) < 4.78 is 11.8. The number of Topliss-reactive ketones (excluding diaryl/α,β-unsaturated/α-hetero) is 1. The van der Waals surface area contributed by atoms with Crippen LogP contribution in [-0.4, -0.2) is 71.2 Å². The van der Waals surface area contributed by atoms with Crippen LogP contribution in [-0.2, 0) is 4.74 Å². The standard InChI is InChI=1S/C30H46N2O5/c1-6-27(34)26-17-23(7-8-25(26)21(2)33)36-24-18-30(19-24)11-15-31(16-12-30)20-22-9-13-32(14-10-22)28(35)37-29(3,4)5/h7-8,17,22,24,27,34H,6,9-16,18-20H2,1-5H3. The van der Waals surface area contributed by atoms with Crippen molar-refractivity contribution < 1.29 is 24.2 Å². The first kappa shape index (κ1) is 27.9. The van der Waals surface area contributed by atoms with E-state index in [0.29, 0.717) is 28.9 Å². The number of likely N-dealkylation sites (tertiary alicyclic amines) is 2. The van der Waals surface area contributed by atoms with Crippen LogP contribution in [0, 0.1) is 11.3 Å². The third-order valence-electron chi connectivity index (χ3n) is 8.47. The molecular weight excluding hydrogens is 468 g/mol. The predicted molar refractivity (Wildman–Crippen MR) is 144 cm³/mol. The van der Waals surface area contributed by atoms with Gasteiger partial charge in [0.1, 0.15) is 11.4 Å². The van der Waals surface area contributed by atoms with Gasteiger partial charge in [0.05, 0.1) is 12.2 Å². The van der Waals surface area contributed by atoms with E-state index in [9.17, 15) is 14.7 Å². The molecule has 7 nitrogen and oxygen atoms in total. The summed E-state index contributed by atoms with van der Waals surface area (Å²) in [4.78, 5) is 28.8. The van der Waals surface area contributed by atoms with Gasteiger partial charge in [-0.25, -0.2) is 4.79 Å². The molecule has 3 fully saturated rings. The van der Waals surface area contributed by atoms with Gasteiger partial charge in [-0.2, -0.15) is 0 Å². The zero-order valence-electron chi connectivity index (χ0n) is 23.4. The van der Waals surface area contributed by atoms with E-state index in [1.807, 2.05) is 44.7 Å². The molecule has 1 atom stereocenters. The van der Waals surface area contributed by atoms with Crippen LogP contribution in [0.2, 0.25) is 0 Å². The van der Waals surface area contributed by atoms with Crippen LogP contribution in [0.5, 0.6) is 5.75 Å². The van der Waals surface area contributed by atoms with E-state index in [1.165, 1.54) is 19.8 Å². The molecule has 2 aliphatic heterocycles. The Bertz CT molecular complexity index is 947. The summed E-state index contributed by atoms with van der Waals surface area (Å²) in [7, 11) is 0. The maximum absolute atomic E-state index is 12.3. The molecule has 3 aliphatic rings. The Morgan fingerprint density at radius 2 is 1.76 bits per heavy atom. The fraction of sp³-hybridized carbons (Fsp3) is 0.733. The van der Waals surface area contributed by atoms with Crippen molar-refractivity contribution in [3.63, 3.8) is 0 Å². The van der Waals surface area contributed by atoms with E-state index < -0.39 is 11.7 Å². The average molecular weight is 515 g/mol. The third kappa shape index (κ3) is 7.05. The Kier molecular flexibility index (Phi) is 8.54. The Balaban J connectivity index is 1.19. The largest absolute Gasteiger partial charge is 0.490 e. The van der Waals surface area contributed by atoms with E-state index in [0.717, 1.165) is 64.2 Å². The number of nitrogens with zero attached hydrogens (tertiary/aromatic N) is 2. The number of amides is 1. The summed E-state index contributed by atoms with van der Waals surface area (Å²) >= 11 is 0. The highest BCUT2D eigenvalue weighted by Crippen LogP contribution is 2.50. The maximum Gasteiger partial charge on any atom is 0.410 e. The molecule has 1 unspecified atom stereocenters. The molecule has 206 valence electrons. The summed E-state index contributed by atoms with van der Waals surface area (Å²) in [6.07, 6.45) is 6.63. The van der Waals surface area contributed by atoms with Gasteiger partial charge in [-0.1, -0.05) is 6.92 Å². The molecule has 0 bridgehead atoms. The summed E-state index contributed by atoms with van der Waals surface area (Å²) in [5.74, 6) is 1.37. The van der Waals surface area contributed by atoms with Crippen LogP contribution in [0.15, 0.2) is 18.2 Å². The van der Waals surface area contributed by atoms with Crippen molar-refractivity contribution in [1.82, 2.24) is 9.80 Å². The number of hydrogen-bond donors (Lipinski definition) is 1. The van der Waals surface area contributed by atoms with Gasteiger partial charge in [-0.05, 0) is 121 Å². The van der Waals surface area contributed by atoms with Crippen LogP contribution in [0.25, 0.3) is 0 Å². The molecule has 0 aromatic heterocycles. The second-order valence-electron chi connectivity index (χ2n) is 12.6. The van der Waals surface area contributed by atoms with Gasteiger partial charge in [0.2, 0.25) is 0 Å². The van der Waals surface area contributed by atoms with E-state index in [-0.39, 0.29) is 18.0 Å². The van der Waals surface area contributed by atoms with E-state index >= 15 is 0 Å². The van der Waals surface area contributed by atoms with Gasteiger partial charge in [0.15, 0.2) is 5.78 Å². The topological polar surface area (TPSA) is 79.3 Å². The zero-order valence-corrected chi connectivity index (χ0v) is 23.4. The molecule has 1 saturated carbocycles. The number of carbonyl (C=O) groups is 2. The van der Waals surface area contributed by atoms with Crippen LogP contribution in [0.3, 0.4) is 0 Å². The Morgan fingerprint density at radius 3 is 2.32 bits per heavy atom. The smallest absolute Gasteiger partial charge is 0.410 e. The summed E-state index contributed by atoms with van der Waals surface area (Å²) in [5, 5.41) is 10.4. The lowest BCUT2D eigenvalue weighted by atomic mass is 9.61. The van der Waals surface area contributed by atoms with Crippen molar-refractivity contribution in [3.8, 4) is 5.75 Å². The molecular formula is C30H46N2O5. The van der Waals surface area contributed by atoms with Crippen LogP contribution in [0.4, 0.5) is 4.79 Å². The van der Waals surface area contributed by atoms with Crippen LogP contribution < -0.4 is 4.74 Å². The first-order valence-corrected chi connectivity index (χ1v) is 14.2. The number of piperidine rings is 2. The molecule has 4 rings (SSSR count). The molecule has 0 radical (unpaired) electrons. The van der Waals surface area contributed by atoms with Gasteiger partial charge in [0, 0.05) is 25.2 Å². The minimum absolute atomic E-state index is 0.0306. The minimum atomic E-state index is -0.649. The number of aliphatic hydroxyl groups is 1. The molecule has 1 aromatic carbocycles. The molecule has 7 heteroatoms. The second-order valence-corrected chi connectivity index (χ2v) is 12.6. The van der Waals surface area contributed by atoms with Gasteiger partial charge in [-0.15, -0.1) is 0 Å². The average Bonchev–Trinajstić information content (AvgIpc) is 2.83. The van der Waals surface area contributed by atoms with E-state index in [4.69, 9.17) is 9.47 Å². The summed E-state index contributed by atoms with van der Waals surface area (Å²) in [5.41, 5.74) is 1.21. The minimum Gasteiger partial charge on any atom is -0.490 e. The van der Waals surface area contributed by atoms with Crippen LogP contribution >= 0.6 is 0 Å². The number of ether oxygens (including phenoxy) is 2. The van der Waals surface area contributed by atoms with Crippen molar-refractivity contribution in [1.29, 1.82) is 0 Å². The lowest BCUT2D eigenvalue weighted by molar-refractivity contribution is -0.0582.